The van der Waals surface area contributed by atoms with Gasteiger partial charge < -0.3 is 25.8 Å². The molecule has 6 N–H and O–H groups in total. The highest BCUT2D eigenvalue weighted by Gasteiger charge is 2.29. The lowest BCUT2D eigenvalue weighted by Crippen LogP contribution is -2.48. The molecule has 1 aliphatic heterocycles. The normalized spacial score (nSPS) is 16.8. The summed E-state index contributed by atoms with van der Waals surface area (Å²) >= 11 is 6.45. The molecule has 3 aromatic rings. The minimum atomic E-state index is -2.97. The maximum Gasteiger partial charge on any atom is 0.251 e. The van der Waals surface area contributed by atoms with Gasteiger partial charge in [0.25, 0.3) is 5.91 Å². The van der Waals surface area contributed by atoms with Crippen molar-refractivity contribution in [1.29, 1.82) is 0 Å². The van der Waals surface area contributed by atoms with Crippen molar-refractivity contribution in [2.45, 2.75) is 44.9 Å². The number of nitrogens with one attached hydrogen (secondary N) is 3. The molecule has 2 atom stereocenters. The van der Waals surface area contributed by atoms with E-state index in [4.69, 9.17) is 16.3 Å². The summed E-state index contributed by atoms with van der Waals surface area (Å²) in [7, 11) is -1.35. The third-order valence-corrected chi connectivity index (χ3v) is 9.53. The average molecular weight is 617 g/mol. The molecule has 0 aromatic heterocycles. The molecular formula is C31H41ClN4O5S. The van der Waals surface area contributed by atoms with E-state index < -0.39 is 22.9 Å². The standard InChI is InChI=1S/C31H41ClN4O5S/c1-3-34-25-16-24(17-26(19-25)36-13-6-7-14-42(36,39)40)31(38)35-29(18-23-10-4-5-12-28(23)32)30(37)21-33-20-22-9-8-11-27(15-22)41-2/h4-5,8-12,15-17,19,29-30,33-34,37,39-40H,3,6-7,13-14,18,20-21H2,1-2H3,(H,35,38)/t29-,30+/m0/s1. The number of aliphatic hydroxyl groups is 1. The number of methoxy groups -OCH3 is 1. The zero-order chi connectivity index (χ0) is 30.1. The van der Waals surface area contributed by atoms with Crippen LogP contribution in [0.2, 0.25) is 5.02 Å². The number of halogens is 1. The fourth-order valence-corrected chi connectivity index (χ4v) is 6.91. The summed E-state index contributed by atoms with van der Waals surface area (Å²) in [5.74, 6) is 0.673. The van der Waals surface area contributed by atoms with Crippen LogP contribution in [0.25, 0.3) is 0 Å². The SMILES string of the molecule is CCNc1cc(C(=O)N[C@@H](Cc2ccccc2Cl)[C@H](O)CNCc2cccc(OC)c2)cc(N2CCCCS2(O)O)c1. The molecule has 0 saturated carbocycles. The topological polar surface area (TPSA) is 126 Å². The van der Waals surface area contributed by atoms with Crippen molar-refractivity contribution in [2.24, 2.45) is 0 Å². The molecule has 0 unspecified atom stereocenters. The zero-order valence-corrected chi connectivity index (χ0v) is 25.6. The molecule has 1 saturated heterocycles. The number of carbonyl (C=O) groups is 1. The molecule has 0 aliphatic carbocycles. The molecule has 3 aromatic carbocycles. The van der Waals surface area contributed by atoms with Gasteiger partial charge in [0.05, 0.1) is 30.7 Å². The Morgan fingerprint density at radius 2 is 1.90 bits per heavy atom. The van der Waals surface area contributed by atoms with Crippen LogP contribution in [0.4, 0.5) is 11.4 Å². The molecule has 42 heavy (non-hydrogen) atoms. The Hall–Kier alpha value is -2.99. The minimum Gasteiger partial charge on any atom is -0.497 e. The predicted octanol–water partition coefficient (Wildman–Crippen LogP) is 5.54. The van der Waals surface area contributed by atoms with Crippen LogP contribution >= 0.6 is 22.4 Å². The number of anilines is 2. The van der Waals surface area contributed by atoms with Gasteiger partial charge in [0.2, 0.25) is 0 Å². The number of hydrogen-bond donors (Lipinski definition) is 6. The highest BCUT2D eigenvalue weighted by atomic mass is 35.5. The molecule has 11 heteroatoms. The van der Waals surface area contributed by atoms with E-state index in [1.165, 1.54) is 0 Å². The number of hydrogen-bond acceptors (Lipinski definition) is 8. The third kappa shape index (κ3) is 8.53. The summed E-state index contributed by atoms with van der Waals surface area (Å²) in [5.41, 5.74) is 3.43. The quantitative estimate of drug-likeness (QED) is 0.148. The number of rotatable bonds is 13. The van der Waals surface area contributed by atoms with Gasteiger partial charge in [-0.05, 0) is 73.7 Å². The lowest BCUT2D eigenvalue weighted by atomic mass is 10.00. The first-order valence-electron chi connectivity index (χ1n) is 14.2. The molecule has 4 rings (SSSR count). The van der Waals surface area contributed by atoms with Crippen molar-refractivity contribution in [2.75, 3.05) is 42.1 Å². The molecule has 0 spiro atoms. The summed E-state index contributed by atoms with van der Waals surface area (Å²) in [6.07, 6.45) is 0.964. The van der Waals surface area contributed by atoms with Crippen LogP contribution in [-0.4, -0.2) is 64.8 Å². The average Bonchev–Trinajstić information content (AvgIpc) is 2.97. The van der Waals surface area contributed by atoms with Crippen molar-refractivity contribution in [1.82, 2.24) is 10.6 Å². The van der Waals surface area contributed by atoms with Crippen molar-refractivity contribution >= 4 is 39.7 Å². The molecule has 9 nitrogen and oxygen atoms in total. The van der Waals surface area contributed by atoms with Gasteiger partial charge in [0, 0.05) is 42.5 Å². The van der Waals surface area contributed by atoms with Gasteiger partial charge in [-0.1, -0.05) is 41.9 Å². The largest absolute Gasteiger partial charge is 0.497 e. The summed E-state index contributed by atoms with van der Waals surface area (Å²) in [5, 5.41) is 21.4. The Labute approximate surface area is 254 Å². The Bertz CT molecular complexity index is 1340. The summed E-state index contributed by atoms with van der Waals surface area (Å²) in [4.78, 5) is 13.7. The fourth-order valence-electron chi connectivity index (χ4n) is 5.02. The molecule has 1 fully saturated rings. The smallest absolute Gasteiger partial charge is 0.251 e. The molecule has 1 heterocycles. The second kappa shape index (κ2) is 15.0. The predicted molar refractivity (Wildman–Crippen MR) is 172 cm³/mol. The molecule has 0 radical (unpaired) electrons. The number of amides is 1. The lowest BCUT2D eigenvalue weighted by molar-refractivity contribution is 0.0830. The van der Waals surface area contributed by atoms with Crippen LogP contribution in [0.5, 0.6) is 5.75 Å². The molecule has 0 bridgehead atoms. The monoisotopic (exact) mass is 616 g/mol. The number of benzene rings is 3. The van der Waals surface area contributed by atoms with Crippen LogP contribution in [0.15, 0.2) is 66.7 Å². The number of aliphatic hydroxyl groups excluding tert-OH is 1. The van der Waals surface area contributed by atoms with E-state index >= 15 is 0 Å². The van der Waals surface area contributed by atoms with Crippen LogP contribution in [0.1, 0.15) is 41.3 Å². The lowest BCUT2D eigenvalue weighted by Gasteiger charge is -2.47. The van der Waals surface area contributed by atoms with E-state index in [-0.39, 0.29) is 12.5 Å². The van der Waals surface area contributed by atoms with Crippen LogP contribution in [-0.2, 0) is 13.0 Å². The molecule has 1 aliphatic rings. The van der Waals surface area contributed by atoms with Crippen LogP contribution in [0, 0.1) is 0 Å². The Morgan fingerprint density at radius 3 is 2.64 bits per heavy atom. The Morgan fingerprint density at radius 1 is 1.10 bits per heavy atom. The van der Waals surface area contributed by atoms with E-state index in [0.29, 0.717) is 53.8 Å². The maximum atomic E-state index is 13.7. The fraction of sp³-hybridized carbons (Fsp3) is 0.387. The first-order valence-corrected chi connectivity index (χ1v) is 16.2. The van der Waals surface area contributed by atoms with E-state index in [2.05, 4.69) is 16.0 Å². The van der Waals surface area contributed by atoms with Gasteiger partial charge in [-0.25, -0.2) is 0 Å². The van der Waals surface area contributed by atoms with E-state index in [1.807, 2.05) is 55.5 Å². The first-order chi connectivity index (χ1) is 20.2. The maximum absolute atomic E-state index is 13.7. The van der Waals surface area contributed by atoms with Gasteiger partial charge in [0.1, 0.15) is 5.75 Å². The number of carbonyl (C=O) groups excluding carboxylic acids is 1. The third-order valence-electron chi connectivity index (χ3n) is 7.23. The summed E-state index contributed by atoms with van der Waals surface area (Å²) < 4.78 is 28.3. The van der Waals surface area contributed by atoms with Crippen LogP contribution in [0.3, 0.4) is 0 Å². The van der Waals surface area contributed by atoms with E-state index in [0.717, 1.165) is 29.7 Å². The van der Waals surface area contributed by atoms with Crippen molar-refractivity contribution < 1.29 is 23.7 Å². The van der Waals surface area contributed by atoms with Gasteiger partial charge in [-0.15, -0.1) is 10.8 Å². The number of ether oxygens (including phenoxy) is 1. The van der Waals surface area contributed by atoms with Crippen molar-refractivity contribution in [3.05, 3.63) is 88.4 Å². The van der Waals surface area contributed by atoms with Crippen molar-refractivity contribution in [3.63, 3.8) is 0 Å². The Balaban J connectivity index is 1.54. The molecular weight excluding hydrogens is 576 g/mol. The van der Waals surface area contributed by atoms with Crippen LogP contribution < -0.4 is 25.0 Å². The van der Waals surface area contributed by atoms with Gasteiger partial charge >= 0.3 is 0 Å². The van der Waals surface area contributed by atoms with Gasteiger partial charge in [-0.2, -0.15) is 0 Å². The second-order valence-corrected chi connectivity index (χ2v) is 12.9. The first kappa shape index (κ1) is 31.9. The molecule has 228 valence electrons. The van der Waals surface area contributed by atoms with E-state index in [1.54, 1.807) is 29.6 Å². The van der Waals surface area contributed by atoms with E-state index in [9.17, 15) is 19.0 Å². The minimum absolute atomic E-state index is 0.226. The Kier molecular flexibility index (Phi) is 11.4. The number of nitrogens with zero attached hydrogens (tertiary/aromatic N) is 1. The highest BCUT2D eigenvalue weighted by molar-refractivity contribution is 8.25. The van der Waals surface area contributed by atoms with Crippen molar-refractivity contribution in [3.8, 4) is 5.75 Å². The summed E-state index contributed by atoms with van der Waals surface area (Å²) in [6.45, 7) is 3.82. The highest BCUT2D eigenvalue weighted by Crippen LogP contribution is 2.50. The zero-order valence-electron chi connectivity index (χ0n) is 24.1. The summed E-state index contributed by atoms with van der Waals surface area (Å²) in [6, 6.07) is 19.6. The van der Waals surface area contributed by atoms with Gasteiger partial charge in [0.15, 0.2) is 0 Å². The second-order valence-electron chi connectivity index (χ2n) is 10.4. The molecule has 1 amide bonds. The van der Waals surface area contributed by atoms with Gasteiger partial charge in [-0.3, -0.25) is 18.2 Å².